The molecule has 4 nitrogen and oxygen atoms in total. The highest BCUT2D eigenvalue weighted by atomic mass is 32.2. The molecule has 0 saturated carbocycles. The fourth-order valence-corrected chi connectivity index (χ4v) is 3.02. The van der Waals surface area contributed by atoms with Crippen molar-refractivity contribution in [3.8, 4) is 0 Å². The van der Waals surface area contributed by atoms with Gasteiger partial charge < -0.3 is 10.4 Å². The van der Waals surface area contributed by atoms with Crippen molar-refractivity contribution in [1.29, 1.82) is 0 Å². The summed E-state index contributed by atoms with van der Waals surface area (Å²) in [6.45, 7) is 5.81. The van der Waals surface area contributed by atoms with E-state index in [0.717, 1.165) is 5.56 Å². The predicted molar refractivity (Wildman–Crippen MR) is 98.1 cm³/mol. The molecule has 0 spiro atoms. The van der Waals surface area contributed by atoms with E-state index >= 15 is 0 Å². The lowest BCUT2D eigenvalue weighted by molar-refractivity contribution is -0.124. The first-order valence-corrected chi connectivity index (χ1v) is 9.10. The number of carbonyl (C=O) groups excluding carboxylic acids is 1. The second-order valence-electron chi connectivity index (χ2n) is 6.61. The monoisotopic (exact) mass is 345 g/mol. The Balaban J connectivity index is 2.06. The highest BCUT2D eigenvalue weighted by Crippen LogP contribution is 2.20. The molecule has 1 amide bonds. The molecule has 2 N–H and O–H groups in total. The second-order valence-corrected chi connectivity index (χ2v) is 8.81. The number of benzene rings is 2. The third kappa shape index (κ3) is 5.01. The van der Waals surface area contributed by atoms with Gasteiger partial charge in [-0.15, -0.1) is 0 Å². The highest BCUT2D eigenvalue weighted by Gasteiger charge is 2.20. The lowest BCUT2D eigenvalue weighted by Gasteiger charge is -2.18. The van der Waals surface area contributed by atoms with Crippen LogP contribution in [-0.2, 0) is 21.3 Å². The number of rotatable bonds is 5. The van der Waals surface area contributed by atoms with Gasteiger partial charge in [0.2, 0.25) is 0 Å². The maximum Gasteiger partial charge on any atom is 0.257 e. The fourth-order valence-electron chi connectivity index (χ4n) is 2.10. The number of hydrogen-bond acceptors (Lipinski definition) is 3. The molecule has 0 aliphatic heterocycles. The zero-order valence-corrected chi connectivity index (χ0v) is 15.0. The largest absolute Gasteiger partial charge is 0.378 e. The van der Waals surface area contributed by atoms with E-state index < -0.39 is 22.8 Å². The molecule has 0 bridgehead atoms. The Labute approximate surface area is 145 Å². The summed E-state index contributed by atoms with van der Waals surface area (Å²) in [6, 6.07) is 16.0. The van der Waals surface area contributed by atoms with Crippen LogP contribution in [0.3, 0.4) is 0 Å². The Morgan fingerprint density at radius 3 is 2.42 bits per heavy atom. The maximum absolute atomic E-state index is 12.2. The Kier molecular flexibility index (Phi) is 5.91. The summed E-state index contributed by atoms with van der Waals surface area (Å²) in [5, 5.41) is 12.8. The van der Waals surface area contributed by atoms with Gasteiger partial charge in [0, 0.05) is 27.0 Å². The molecule has 2 aromatic rings. The summed E-state index contributed by atoms with van der Waals surface area (Å²) in [5.74, 6) is -0.0654. The summed E-state index contributed by atoms with van der Waals surface area (Å²) in [4.78, 5) is 12.2. The van der Waals surface area contributed by atoms with Crippen molar-refractivity contribution in [3.63, 3.8) is 0 Å². The van der Waals surface area contributed by atoms with Gasteiger partial charge in [-0.3, -0.25) is 9.00 Å². The lowest BCUT2D eigenvalue weighted by Crippen LogP contribution is -2.23. The lowest BCUT2D eigenvalue weighted by atomic mass is 10.1. The molecule has 128 valence electrons. The average molecular weight is 345 g/mol. The molecular formula is C19H23NO3S. The van der Waals surface area contributed by atoms with E-state index in [0.29, 0.717) is 17.0 Å². The molecule has 2 unspecified atom stereocenters. The third-order valence-electron chi connectivity index (χ3n) is 3.54. The summed E-state index contributed by atoms with van der Waals surface area (Å²) in [6.07, 6.45) is -1.22. The highest BCUT2D eigenvalue weighted by molar-refractivity contribution is 7.85. The van der Waals surface area contributed by atoms with E-state index in [-0.39, 0.29) is 4.75 Å². The Bertz CT molecular complexity index is 723. The number of carbonyl (C=O) groups is 1. The molecule has 2 rings (SSSR count). The number of hydrogen-bond donors (Lipinski definition) is 2. The quantitative estimate of drug-likeness (QED) is 0.873. The van der Waals surface area contributed by atoms with Crippen LogP contribution in [0.25, 0.3) is 0 Å². The summed E-state index contributed by atoms with van der Waals surface area (Å²) < 4.78 is 12.0. The number of aliphatic hydroxyl groups is 1. The first-order chi connectivity index (χ1) is 11.3. The number of aliphatic hydroxyl groups excluding tert-OH is 1. The summed E-state index contributed by atoms with van der Waals surface area (Å²) >= 11 is 0. The van der Waals surface area contributed by atoms with Gasteiger partial charge in [-0.25, -0.2) is 0 Å². The zero-order valence-electron chi connectivity index (χ0n) is 14.2. The van der Waals surface area contributed by atoms with Gasteiger partial charge in [0.25, 0.3) is 5.91 Å². The van der Waals surface area contributed by atoms with Crippen LogP contribution in [-0.4, -0.2) is 20.0 Å². The van der Waals surface area contributed by atoms with E-state index in [1.165, 1.54) is 0 Å². The minimum absolute atomic E-state index is 0.289. The Hall–Kier alpha value is -1.98. The molecule has 0 aliphatic rings. The van der Waals surface area contributed by atoms with Crippen molar-refractivity contribution in [2.24, 2.45) is 0 Å². The smallest absolute Gasteiger partial charge is 0.257 e. The molecule has 2 aromatic carbocycles. The van der Waals surface area contributed by atoms with Gasteiger partial charge >= 0.3 is 0 Å². The van der Waals surface area contributed by atoms with E-state index in [1.807, 2.05) is 32.9 Å². The normalized spacial score (nSPS) is 14.0. The minimum Gasteiger partial charge on any atom is -0.378 e. The van der Waals surface area contributed by atoms with Crippen LogP contribution >= 0.6 is 0 Å². The molecule has 24 heavy (non-hydrogen) atoms. The van der Waals surface area contributed by atoms with Crippen molar-refractivity contribution in [2.45, 2.75) is 37.4 Å². The van der Waals surface area contributed by atoms with Crippen molar-refractivity contribution in [1.82, 2.24) is 0 Å². The summed E-state index contributed by atoms with van der Waals surface area (Å²) in [5.41, 5.74) is 2.01. The molecule has 2 atom stereocenters. The number of nitrogens with one attached hydrogen (secondary N) is 1. The zero-order chi connectivity index (χ0) is 17.7. The van der Waals surface area contributed by atoms with Crippen molar-refractivity contribution in [2.75, 3.05) is 5.32 Å². The van der Waals surface area contributed by atoms with Crippen LogP contribution in [0.4, 0.5) is 5.69 Å². The molecule has 0 aliphatic carbocycles. The molecule has 5 heteroatoms. The van der Waals surface area contributed by atoms with Crippen molar-refractivity contribution >= 4 is 22.4 Å². The van der Waals surface area contributed by atoms with Gasteiger partial charge in [0.05, 0.1) is 0 Å². The van der Waals surface area contributed by atoms with Crippen molar-refractivity contribution in [3.05, 3.63) is 65.7 Å². The minimum atomic E-state index is -1.22. The van der Waals surface area contributed by atoms with Gasteiger partial charge in [0.15, 0.2) is 6.10 Å². The molecule has 0 fully saturated rings. The van der Waals surface area contributed by atoms with E-state index in [1.54, 1.807) is 42.5 Å². The topological polar surface area (TPSA) is 66.4 Å². The second kappa shape index (κ2) is 7.73. The van der Waals surface area contributed by atoms with Gasteiger partial charge in [-0.2, -0.15) is 0 Å². The maximum atomic E-state index is 12.2. The number of anilines is 1. The van der Waals surface area contributed by atoms with Crippen LogP contribution in [0.1, 0.15) is 38.0 Å². The Morgan fingerprint density at radius 1 is 1.12 bits per heavy atom. The van der Waals surface area contributed by atoms with Crippen LogP contribution in [0.5, 0.6) is 0 Å². The average Bonchev–Trinajstić information content (AvgIpc) is 2.54. The molecule has 0 saturated heterocycles. The molecule has 0 aromatic heterocycles. The van der Waals surface area contributed by atoms with E-state index in [4.69, 9.17) is 0 Å². The van der Waals surface area contributed by atoms with E-state index in [2.05, 4.69) is 5.32 Å². The summed E-state index contributed by atoms with van der Waals surface area (Å²) in [7, 11) is -1.01. The predicted octanol–water partition coefficient (Wildman–Crippen LogP) is 3.41. The third-order valence-corrected chi connectivity index (χ3v) is 5.50. The van der Waals surface area contributed by atoms with E-state index in [9.17, 15) is 14.1 Å². The fraction of sp³-hybridized carbons (Fsp3) is 0.316. The SMILES string of the molecule is CC(C)(C)S(=O)Cc1cccc(NC(=O)C(O)c2ccccc2)c1. The molecular weight excluding hydrogens is 322 g/mol. The van der Waals surface area contributed by atoms with Crippen LogP contribution in [0, 0.1) is 0 Å². The molecule has 0 heterocycles. The van der Waals surface area contributed by atoms with Gasteiger partial charge in [-0.05, 0) is 44.0 Å². The first kappa shape index (κ1) is 18.4. The standard InChI is InChI=1S/C19H23NO3S/c1-19(2,3)24(23)13-14-8-7-11-16(12-14)20-18(22)17(21)15-9-5-4-6-10-15/h4-12,17,21H,13H2,1-3H3,(H,20,22). The van der Waals surface area contributed by atoms with Crippen LogP contribution < -0.4 is 5.32 Å². The Morgan fingerprint density at radius 2 is 1.79 bits per heavy atom. The van der Waals surface area contributed by atoms with Crippen LogP contribution in [0.2, 0.25) is 0 Å². The van der Waals surface area contributed by atoms with Crippen molar-refractivity contribution < 1.29 is 14.1 Å². The van der Waals surface area contributed by atoms with Gasteiger partial charge in [-0.1, -0.05) is 42.5 Å². The van der Waals surface area contributed by atoms with Crippen LogP contribution in [0.15, 0.2) is 54.6 Å². The molecule has 0 radical (unpaired) electrons. The first-order valence-electron chi connectivity index (χ1n) is 7.78. The number of amides is 1. The van der Waals surface area contributed by atoms with Gasteiger partial charge in [0.1, 0.15) is 0 Å².